The van der Waals surface area contributed by atoms with Crippen molar-refractivity contribution < 1.29 is 14.3 Å². The molecule has 0 aliphatic carbocycles. The van der Waals surface area contributed by atoms with Crippen LogP contribution in [0.5, 0.6) is 5.75 Å². The molecular formula is C19H22N2O3. The van der Waals surface area contributed by atoms with E-state index in [0.717, 1.165) is 5.56 Å². The molecule has 2 amide bonds. The lowest BCUT2D eigenvalue weighted by atomic mass is 10.0. The molecule has 0 bridgehead atoms. The highest BCUT2D eigenvalue weighted by Gasteiger charge is 2.19. The fourth-order valence-electron chi connectivity index (χ4n) is 2.32. The monoisotopic (exact) mass is 326 g/mol. The minimum absolute atomic E-state index is 0.0618. The van der Waals surface area contributed by atoms with Crippen LogP contribution in [0.1, 0.15) is 34.5 Å². The zero-order valence-corrected chi connectivity index (χ0v) is 14.2. The Kier molecular flexibility index (Phi) is 5.58. The van der Waals surface area contributed by atoms with Gasteiger partial charge in [-0.05, 0) is 37.6 Å². The summed E-state index contributed by atoms with van der Waals surface area (Å²) in [7, 11) is 1.77. The van der Waals surface area contributed by atoms with Gasteiger partial charge in [0.2, 0.25) is 0 Å². The highest BCUT2D eigenvalue weighted by Crippen LogP contribution is 2.22. The lowest BCUT2D eigenvalue weighted by Crippen LogP contribution is -2.29. The van der Waals surface area contributed by atoms with Crippen LogP contribution in [-0.4, -0.2) is 30.4 Å². The maximum Gasteiger partial charge on any atom is 0.255 e. The molecule has 2 aromatic rings. The van der Waals surface area contributed by atoms with Crippen LogP contribution < -0.4 is 10.5 Å². The number of benzene rings is 2. The summed E-state index contributed by atoms with van der Waals surface area (Å²) < 4.78 is 5.25. The molecule has 2 rings (SSSR count). The van der Waals surface area contributed by atoms with Crippen LogP contribution in [0.25, 0.3) is 0 Å². The molecule has 0 spiro atoms. The maximum absolute atomic E-state index is 12.7. The van der Waals surface area contributed by atoms with Crippen molar-refractivity contribution in [3.63, 3.8) is 0 Å². The van der Waals surface area contributed by atoms with Crippen molar-refractivity contribution in [2.24, 2.45) is 5.73 Å². The Morgan fingerprint density at radius 2 is 1.83 bits per heavy atom. The third kappa shape index (κ3) is 4.35. The lowest BCUT2D eigenvalue weighted by molar-refractivity contribution is -0.119. The number of carbonyl (C=O) groups excluding carboxylic acids is 2. The Labute approximate surface area is 142 Å². The maximum atomic E-state index is 12.7. The van der Waals surface area contributed by atoms with E-state index in [9.17, 15) is 9.59 Å². The highest BCUT2D eigenvalue weighted by atomic mass is 16.5. The first-order valence-corrected chi connectivity index (χ1v) is 7.73. The molecule has 1 unspecified atom stereocenters. The van der Waals surface area contributed by atoms with Crippen molar-refractivity contribution in [1.29, 1.82) is 0 Å². The zero-order valence-electron chi connectivity index (χ0n) is 14.2. The van der Waals surface area contributed by atoms with Gasteiger partial charge in [-0.25, -0.2) is 0 Å². The normalized spacial score (nSPS) is 11.6. The van der Waals surface area contributed by atoms with Crippen molar-refractivity contribution in [1.82, 2.24) is 4.90 Å². The Bertz CT molecular complexity index is 726. The first-order valence-electron chi connectivity index (χ1n) is 7.73. The van der Waals surface area contributed by atoms with E-state index in [1.165, 1.54) is 5.56 Å². The van der Waals surface area contributed by atoms with Gasteiger partial charge >= 0.3 is 0 Å². The van der Waals surface area contributed by atoms with E-state index >= 15 is 0 Å². The summed E-state index contributed by atoms with van der Waals surface area (Å²) in [6.07, 6.45) is 0. The third-order valence-electron chi connectivity index (χ3n) is 3.92. The molecule has 0 fully saturated rings. The summed E-state index contributed by atoms with van der Waals surface area (Å²) in [5, 5.41) is 0. The van der Waals surface area contributed by atoms with E-state index < -0.39 is 5.91 Å². The van der Waals surface area contributed by atoms with Crippen molar-refractivity contribution in [3.05, 3.63) is 65.2 Å². The molecule has 5 nitrogen and oxygen atoms in total. The Hall–Kier alpha value is -2.82. The molecule has 2 N–H and O–H groups in total. The fraction of sp³-hybridized carbons (Fsp3) is 0.263. The smallest absolute Gasteiger partial charge is 0.255 e. The van der Waals surface area contributed by atoms with E-state index in [1.807, 2.05) is 38.1 Å². The Morgan fingerprint density at radius 3 is 2.46 bits per heavy atom. The second kappa shape index (κ2) is 7.64. The minimum atomic E-state index is -0.558. The highest BCUT2D eigenvalue weighted by molar-refractivity contribution is 5.94. The molecule has 5 heteroatoms. The molecule has 0 aromatic heterocycles. The molecule has 0 aliphatic heterocycles. The third-order valence-corrected chi connectivity index (χ3v) is 3.92. The molecular weight excluding hydrogens is 304 g/mol. The van der Waals surface area contributed by atoms with Gasteiger partial charge in [0, 0.05) is 12.6 Å². The van der Waals surface area contributed by atoms with Crippen LogP contribution in [0.15, 0.2) is 48.5 Å². The summed E-state index contributed by atoms with van der Waals surface area (Å²) in [5.74, 6) is -0.236. The van der Waals surface area contributed by atoms with Gasteiger partial charge < -0.3 is 15.4 Å². The van der Waals surface area contributed by atoms with Gasteiger partial charge in [-0.15, -0.1) is 0 Å². The van der Waals surface area contributed by atoms with E-state index in [-0.39, 0.29) is 18.6 Å². The minimum Gasteiger partial charge on any atom is -0.484 e. The largest absolute Gasteiger partial charge is 0.484 e. The van der Waals surface area contributed by atoms with Gasteiger partial charge in [-0.3, -0.25) is 9.59 Å². The zero-order chi connectivity index (χ0) is 17.7. The average molecular weight is 326 g/mol. The molecule has 0 saturated carbocycles. The number of hydrogen-bond donors (Lipinski definition) is 1. The molecule has 0 heterocycles. The van der Waals surface area contributed by atoms with Crippen LogP contribution >= 0.6 is 0 Å². The van der Waals surface area contributed by atoms with E-state index in [1.54, 1.807) is 36.2 Å². The molecule has 1 atom stereocenters. The van der Waals surface area contributed by atoms with Crippen LogP contribution in [0, 0.1) is 6.92 Å². The second-order valence-corrected chi connectivity index (χ2v) is 5.79. The SMILES string of the molecule is Cc1ccc(C(C)N(C)C(=O)c2cccc(OCC(N)=O)c2)cc1. The number of primary amides is 1. The number of nitrogens with zero attached hydrogens (tertiary/aromatic N) is 1. The van der Waals surface area contributed by atoms with Crippen LogP contribution in [0.3, 0.4) is 0 Å². The predicted octanol–water partition coefficient (Wildman–Crippen LogP) is 2.69. The van der Waals surface area contributed by atoms with Crippen molar-refractivity contribution in [3.8, 4) is 5.75 Å². The van der Waals surface area contributed by atoms with Gasteiger partial charge in [0.15, 0.2) is 6.61 Å². The summed E-state index contributed by atoms with van der Waals surface area (Å²) in [6.45, 7) is 3.80. The lowest BCUT2D eigenvalue weighted by Gasteiger charge is -2.25. The van der Waals surface area contributed by atoms with Gasteiger partial charge in [-0.1, -0.05) is 35.9 Å². The van der Waals surface area contributed by atoms with Crippen molar-refractivity contribution in [2.45, 2.75) is 19.9 Å². The molecule has 126 valence electrons. The molecule has 24 heavy (non-hydrogen) atoms. The average Bonchev–Trinajstić information content (AvgIpc) is 2.59. The summed E-state index contributed by atoms with van der Waals surface area (Å²) in [6, 6.07) is 14.8. The summed E-state index contributed by atoms with van der Waals surface area (Å²) >= 11 is 0. The molecule has 0 aliphatic rings. The number of rotatable bonds is 6. The first kappa shape index (κ1) is 17.5. The van der Waals surface area contributed by atoms with Gasteiger partial charge in [-0.2, -0.15) is 0 Å². The molecule has 0 saturated heterocycles. The number of carbonyl (C=O) groups is 2. The van der Waals surface area contributed by atoms with Crippen LogP contribution in [0.4, 0.5) is 0 Å². The van der Waals surface area contributed by atoms with E-state index in [2.05, 4.69) is 0 Å². The number of ether oxygens (including phenoxy) is 1. The van der Waals surface area contributed by atoms with E-state index in [0.29, 0.717) is 11.3 Å². The van der Waals surface area contributed by atoms with Gasteiger partial charge in [0.05, 0.1) is 6.04 Å². The number of amides is 2. The Balaban J connectivity index is 2.13. The fourth-order valence-corrected chi connectivity index (χ4v) is 2.32. The number of aryl methyl sites for hydroxylation is 1. The molecule has 2 aromatic carbocycles. The van der Waals surface area contributed by atoms with Crippen LogP contribution in [-0.2, 0) is 4.79 Å². The topological polar surface area (TPSA) is 72.6 Å². The summed E-state index contributed by atoms with van der Waals surface area (Å²) in [4.78, 5) is 25.2. The predicted molar refractivity (Wildman–Crippen MR) is 92.8 cm³/mol. The first-order chi connectivity index (χ1) is 11.4. The van der Waals surface area contributed by atoms with Crippen molar-refractivity contribution >= 4 is 11.8 Å². The number of nitrogens with two attached hydrogens (primary N) is 1. The van der Waals surface area contributed by atoms with Gasteiger partial charge in [0.1, 0.15) is 5.75 Å². The summed E-state index contributed by atoms with van der Waals surface area (Å²) in [5.41, 5.74) is 7.81. The standard InChI is InChI=1S/C19H22N2O3/c1-13-7-9-15(10-8-13)14(2)21(3)19(23)16-5-4-6-17(11-16)24-12-18(20)22/h4-11,14H,12H2,1-3H3,(H2,20,22). The Morgan fingerprint density at radius 1 is 1.17 bits per heavy atom. The second-order valence-electron chi connectivity index (χ2n) is 5.79. The number of hydrogen-bond acceptors (Lipinski definition) is 3. The van der Waals surface area contributed by atoms with Crippen LogP contribution in [0.2, 0.25) is 0 Å². The van der Waals surface area contributed by atoms with E-state index in [4.69, 9.17) is 10.5 Å². The molecule has 0 radical (unpaired) electrons. The van der Waals surface area contributed by atoms with Gasteiger partial charge in [0.25, 0.3) is 11.8 Å². The van der Waals surface area contributed by atoms with Crippen molar-refractivity contribution in [2.75, 3.05) is 13.7 Å². The quantitative estimate of drug-likeness (QED) is 0.887.